The molecule has 0 saturated heterocycles. The van der Waals surface area contributed by atoms with E-state index >= 15 is 0 Å². The van der Waals surface area contributed by atoms with Crippen LogP contribution in [0.5, 0.6) is 11.5 Å². The van der Waals surface area contributed by atoms with Gasteiger partial charge in [-0.05, 0) is 31.0 Å². The molecule has 88 valence electrons. The van der Waals surface area contributed by atoms with E-state index in [0.717, 1.165) is 5.56 Å². The zero-order valence-electron chi connectivity index (χ0n) is 9.66. The fourth-order valence-corrected chi connectivity index (χ4v) is 1.41. The first kappa shape index (κ1) is 12.4. The summed E-state index contributed by atoms with van der Waals surface area (Å²) in [6.07, 6.45) is 0.970. The molecule has 0 radical (unpaired) electrons. The molecule has 1 aromatic carbocycles. The highest BCUT2D eigenvalue weighted by Crippen LogP contribution is 2.28. The summed E-state index contributed by atoms with van der Waals surface area (Å²) in [7, 11) is 1.60. The van der Waals surface area contributed by atoms with Crippen LogP contribution in [0.4, 0.5) is 0 Å². The number of benzene rings is 1. The minimum atomic E-state index is -0.297. The Kier molecular flexibility index (Phi) is 4.64. The molecule has 0 aliphatic rings. The standard InChI is InChI=1S/C12H17NO3/c1-3-16-11-8-9(5-7-12(13)14)4-6-10(11)15-2/h4,6,8H,3,5,7H2,1-2H3,(H2,13,14). The number of aryl methyl sites for hydroxylation is 1. The highest BCUT2D eigenvalue weighted by molar-refractivity contribution is 5.74. The van der Waals surface area contributed by atoms with Gasteiger partial charge in [0, 0.05) is 6.42 Å². The van der Waals surface area contributed by atoms with Gasteiger partial charge >= 0.3 is 0 Å². The molecule has 0 saturated carbocycles. The number of amides is 1. The fourth-order valence-electron chi connectivity index (χ4n) is 1.41. The predicted octanol–water partition coefficient (Wildman–Crippen LogP) is 1.51. The van der Waals surface area contributed by atoms with Gasteiger partial charge < -0.3 is 15.2 Å². The lowest BCUT2D eigenvalue weighted by Crippen LogP contribution is -2.11. The lowest BCUT2D eigenvalue weighted by atomic mass is 10.1. The van der Waals surface area contributed by atoms with Gasteiger partial charge in [-0.2, -0.15) is 0 Å². The molecule has 0 unspecified atom stereocenters. The van der Waals surface area contributed by atoms with Crippen molar-refractivity contribution in [1.82, 2.24) is 0 Å². The number of nitrogens with two attached hydrogens (primary N) is 1. The van der Waals surface area contributed by atoms with Crippen LogP contribution in [-0.4, -0.2) is 19.6 Å². The first-order valence-corrected chi connectivity index (χ1v) is 5.25. The van der Waals surface area contributed by atoms with E-state index in [2.05, 4.69) is 0 Å². The van der Waals surface area contributed by atoms with E-state index in [4.69, 9.17) is 15.2 Å². The van der Waals surface area contributed by atoms with Crippen molar-refractivity contribution in [2.45, 2.75) is 19.8 Å². The van der Waals surface area contributed by atoms with Gasteiger partial charge in [-0.15, -0.1) is 0 Å². The van der Waals surface area contributed by atoms with Crippen LogP contribution in [-0.2, 0) is 11.2 Å². The van der Waals surface area contributed by atoms with Gasteiger partial charge in [0.2, 0.25) is 5.91 Å². The molecule has 1 amide bonds. The van der Waals surface area contributed by atoms with Gasteiger partial charge in [0.05, 0.1) is 13.7 Å². The Morgan fingerprint density at radius 2 is 2.12 bits per heavy atom. The largest absolute Gasteiger partial charge is 0.493 e. The zero-order chi connectivity index (χ0) is 12.0. The van der Waals surface area contributed by atoms with E-state index in [-0.39, 0.29) is 5.91 Å². The smallest absolute Gasteiger partial charge is 0.217 e. The number of hydrogen-bond donors (Lipinski definition) is 1. The highest BCUT2D eigenvalue weighted by atomic mass is 16.5. The first-order valence-electron chi connectivity index (χ1n) is 5.25. The topological polar surface area (TPSA) is 61.5 Å². The van der Waals surface area contributed by atoms with Crippen LogP contribution in [0, 0.1) is 0 Å². The van der Waals surface area contributed by atoms with Crippen molar-refractivity contribution < 1.29 is 14.3 Å². The van der Waals surface area contributed by atoms with Gasteiger partial charge in [-0.3, -0.25) is 4.79 Å². The average molecular weight is 223 g/mol. The third-order valence-corrected chi connectivity index (χ3v) is 2.19. The summed E-state index contributed by atoms with van der Waals surface area (Å²) < 4.78 is 10.6. The highest BCUT2D eigenvalue weighted by Gasteiger charge is 2.05. The Bertz CT molecular complexity index is 363. The molecule has 4 heteroatoms. The minimum Gasteiger partial charge on any atom is -0.493 e. The molecule has 0 bridgehead atoms. The van der Waals surface area contributed by atoms with Crippen LogP contribution in [0.1, 0.15) is 18.9 Å². The molecular formula is C12H17NO3. The number of hydrogen-bond acceptors (Lipinski definition) is 3. The van der Waals surface area contributed by atoms with Gasteiger partial charge in [-0.25, -0.2) is 0 Å². The second-order valence-electron chi connectivity index (χ2n) is 3.38. The Morgan fingerprint density at radius 1 is 1.38 bits per heavy atom. The maximum Gasteiger partial charge on any atom is 0.217 e. The van der Waals surface area contributed by atoms with Crippen LogP contribution in [0.15, 0.2) is 18.2 Å². The number of carbonyl (C=O) groups excluding carboxylic acids is 1. The molecule has 1 aromatic rings. The summed E-state index contributed by atoms with van der Waals surface area (Å²) in [4.78, 5) is 10.7. The number of primary amides is 1. The molecule has 0 aromatic heterocycles. The summed E-state index contributed by atoms with van der Waals surface area (Å²) in [6.45, 7) is 2.49. The minimum absolute atomic E-state index is 0.297. The first-order chi connectivity index (χ1) is 7.67. The predicted molar refractivity (Wildman–Crippen MR) is 61.7 cm³/mol. The fraction of sp³-hybridized carbons (Fsp3) is 0.417. The van der Waals surface area contributed by atoms with Crippen LogP contribution < -0.4 is 15.2 Å². The molecule has 16 heavy (non-hydrogen) atoms. The number of ether oxygens (including phenoxy) is 2. The van der Waals surface area contributed by atoms with E-state index in [1.165, 1.54) is 0 Å². The molecule has 0 fully saturated rings. The van der Waals surface area contributed by atoms with Gasteiger partial charge in [0.25, 0.3) is 0 Å². The Hall–Kier alpha value is -1.71. The zero-order valence-corrected chi connectivity index (χ0v) is 9.66. The van der Waals surface area contributed by atoms with Crippen molar-refractivity contribution in [2.24, 2.45) is 5.73 Å². The van der Waals surface area contributed by atoms with Crippen molar-refractivity contribution in [3.8, 4) is 11.5 Å². The van der Waals surface area contributed by atoms with Crippen molar-refractivity contribution in [1.29, 1.82) is 0 Å². The third-order valence-electron chi connectivity index (χ3n) is 2.19. The Morgan fingerprint density at radius 3 is 2.69 bits per heavy atom. The lowest BCUT2D eigenvalue weighted by Gasteiger charge is -2.10. The van der Waals surface area contributed by atoms with Crippen LogP contribution in [0.25, 0.3) is 0 Å². The van der Waals surface area contributed by atoms with Crippen LogP contribution in [0.2, 0.25) is 0 Å². The maximum atomic E-state index is 10.7. The molecule has 0 heterocycles. The maximum absolute atomic E-state index is 10.7. The monoisotopic (exact) mass is 223 g/mol. The molecule has 0 aliphatic carbocycles. The molecule has 2 N–H and O–H groups in total. The van der Waals surface area contributed by atoms with Crippen LogP contribution >= 0.6 is 0 Å². The van der Waals surface area contributed by atoms with E-state index in [1.54, 1.807) is 7.11 Å². The normalized spacial score (nSPS) is 9.88. The van der Waals surface area contributed by atoms with Crippen molar-refractivity contribution in [3.63, 3.8) is 0 Å². The Labute approximate surface area is 95.3 Å². The number of carbonyl (C=O) groups is 1. The van der Waals surface area contributed by atoms with Gasteiger partial charge in [0.1, 0.15) is 0 Å². The molecule has 0 spiro atoms. The van der Waals surface area contributed by atoms with E-state index in [1.807, 2.05) is 25.1 Å². The summed E-state index contributed by atoms with van der Waals surface area (Å²) in [5, 5.41) is 0. The van der Waals surface area contributed by atoms with Crippen LogP contribution in [0.3, 0.4) is 0 Å². The van der Waals surface area contributed by atoms with Gasteiger partial charge in [0.15, 0.2) is 11.5 Å². The summed E-state index contributed by atoms with van der Waals surface area (Å²) >= 11 is 0. The molecule has 0 atom stereocenters. The second kappa shape index (κ2) is 6.00. The molecule has 0 aliphatic heterocycles. The molecule has 4 nitrogen and oxygen atoms in total. The van der Waals surface area contributed by atoms with Crippen molar-refractivity contribution >= 4 is 5.91 Å². The van der Waals surface area contributed by atoms with E-state index in [9.17, 15) is 4.79 Å². The number of rotatable bonds is 6. The van der Waals surface area contributed by atoms with Crippen molar-refractivity contribution in [3.05, 3.63) is 23.8 Å². The van der Waals surface area contributed by atoms with Gasteiger partial charge in [-0.1, -0.05) is 6.07 Å². The summed E-state index contributed by atoms with van der Waals surface area (Å²) in [6, 6.07) is 5.62. The quantitative estimate of drug-likeness (QED) is 0.795. The average Bonchev–Trinajstić information content (AvgIpc) is 2.27. The SMILES string of the molecule is CCOc1cc(CCC(N)=O)ccc1OC. The van der Waals surface area contributed by atoms with E-state index in [0.29, 0.717) is 30.9 Å². The lowest BCUT2D eigenvalue weighted by molar-refractivity contribution is -0.117. The second-order valence-corrected chi connectivity index (χ2v) is 3.38. The third kappa shape index (κ3) is 3.46. The van der Waals surface area contributed by atoms with Crippen molar-refractivity contribution in [2.75, 3.05) is 13.7 Å². The van der Waals surface area contributed by atoms with E-state index < -0.39 is 0 Å². The molecular weight excluding hydrogens is 206 g/mol. The summed E-state index contributed by atoms with van der Waals surface area (Å²) in [5.41, 5.74) is 6.11. The summed E-state index contributed by atoms with van der Waals surface area (Å²) in [5.74, 6) is 1.10. The Balaban J connectivity index is 2.79. The molecule has 1 rings (SSSR count). The number of methoxy groups -OCH3 is 1.